The minimum Gasteiger partial charge on any atom is -0.375 e. The van der Waals surface area contributed by atoms with Gasteiger partial charge in [0.05, 0.1) is 5.60 Å². The highest BCUT2D eigenvalue weighted by Gasteiger charge is 2.49. The maximum atomic E-state index is 6.84. The zero-order chi connectivity index (χ0) is 13.6. The predicted octanol–water partition coefficient (Wildman–Crippen LogP) is 4.02. The molecule has 1 saturated heterocycles. The molecule has 3 fully saturated rings. The molecule has 0 aromatic carbocycles. The van der Waals surface area contributed by atoms with E-state index in [1.165, 1.54) is 64.2 Å². The first-order valence-electron chi connectivity index (χ1n) is 8.36. The largest absolute Gasteiger partial charge is 0.375 e. The van der Waals surface area contributed by atoms with E-state index in [-0.39, 0.29) is 11.1 Å². The van der Waals surface area contributed by atoms with Crippen LogP contribution in [0.25, 0.3) is 0 Å². The lowest BCUT2D eigenvalue weighted by Gasteiger charge is -2.48. The lowest BCUT2D eigenvalue weighted by atomic mass is 9.68. The van der Waals surface area contributed by atoms with Crippen LogP contribution in [0.2, 0.25) is 0 Å². The van der Waals surface area contributed by atoms with E-state index in [9.17, 15) is 0 Å². The normalized spacial score (nSPS) is 41.5. The van der Waals surface area contributed by atoms with Gasteiger partial charge in [-0.2, -0.15) is 0 Å². The summed E-state index contributed by atoms with van der Waals surface area (Å²) in [6.45, 7) is 5.72. The van der Waals surface area contributed by atoms with Gasteiger partial charge in [0, 0.05) is 12.1 Å². The molecule has 110 valence electrons. The first-order chi connectivity index (χ1) is 8.93. The van der Waals surface area contributed by atoms with Crippen LogP contribution in [0.5, 0.6) is 0 Å². The number of ether oxygens (including phenoxy) is 1. The monoisotopic (exact) mass is 265 g/mol. The Labute approximate surface area is 118 Å². The first-order valence-corrected chi connectivity index (χ1v) is 8.36. The van der Waals surface area contributed by atoms with Crippen molar-refractivity contribution in [3.05, 3.63) is 0 Å². The third-order valence-electron chi connectivity index (χ3n) is 6.15. The molecule has 2 unspecified atom stereocenters. The molecule has 0 radical (unpaired) electrons. The van der Waals surface area contributed by atoms with Gasteiger partial charge < -0.3 is 10.5 Å². The predicted molar refractivity (Wildman–Crippen MR) is 79.0 cm³/mol. The topological polar surface area (TPSA) is 35.2 Å². The molecular formula is C17H31NO. The Morgan fingerprint density at radius 2 is 1.74 bits per heavy atom. The van der Waals surface area contributed by atoms with Crippen molar-refractivity contribution in [2.75, 3.05) is 6.61 Å². The lowest BCUT2D eigenvalue weighted by Crippen LogP contribution is -2.53. The third kappa shape index (κ3) is 2.71. The van der Waals surface area contributed by atoms with Crippen molar-refractivity contribution in [3.8, 4) is 0 Å². The van der Waals surface area contributed by atoms with Gasteiger partial charge in [0.15, 0.2) is 0 Å². The van der Waals surface area contributed by atoms with Crippen LogP contribution in [0.4, 0.5) is 0 Å². The van der Waals surface area contributed by atoms with Crippen molar-refractivity contribution < 1.29 is 4.74 Å². The highest BCUT2D eigenvalue weighted by atomic mass is 16.5. The molecular weight excluding hydrogens is 234 g/mol. The zero-order valence-electron chi connectivity index (χ0n) is 12.8. The smallest absolute Gasteiger partial charge is 0.0685 e. The summed E-state index contributed by atoms with van der Waals surface area (Å²) in [7, 11) is 0. The first kappa shape index (κ1) is 13.9. The fraction of sp³-hybridized carbons (Fsp3) is 1.00. The van der Waals surface area contributed by atoms with Gasteiger partial charge in [-0.05, 0) is 56.3 Å². The van der Waals surface area contributed by atoms with E-state index in [4.69, 9.17) is 10.5 Å². The molecule has 3 aliphatic rings. The summed E-state index contributed by atoms with van der Waals surface area (Å²) in [6.07, 6.45) is 12.8. The standard InChI is InChI=1S/C17H31NO/c1-15(2)9-10-17(18,13-15)14-6-11-19-16(12-14)7-4-3-5-8-16/h14H,3-13,18H2,1-2H3. The Balaban J connectivity index is 1.71. The average molecular weight is 265 g/mol. The highest BCUT2D eigenvalue weighted by Crippen LogP contribution is 2.51. The molecule has 0 amide bonds. The van der Waals surface area contributed by atoms with Crippen molar-refractivity contribution in [3.63, 3.8) is 0 Å². The van der Waals surface area contributed by atoms with Gasteiger partial charge in [-0.1, -0.05) is 33.1 Å². The van der Waals surface area contributed by atoms with Gasteiger partial charge in [0.25, 0.3) is 0 Å². The van der Waals surface area contributed by atoms with E-state index in [1.807, 2.05) is 0 Å². The Kier molecular flexibility index (Phi) is 3.46. The van der Waals surface area contributed by atoms with Crippen molar-refractivity contribution in [2.24, 2.45) is 17.1 Å². The zero-order valence-corrected chi connectivity index (χ0v) is 12.8. The number of hydrogen-bond acceptors (Lipinski definition) is 2. The minimum absolute atomic E-state index is 0.0950. The molecule has 2 aliphatic carbocycles. The van der Waals surface area contributed by atoms with Crippen LogP contribution in [0.3, 0.4) is 0 Å². The van der Waals surface area contributed by atoms with Crippen LogP contribution in [-0.2, 0) is 4.74 Å². The van der Waals surface area contributed by atoms with Crippen LogP contribution in [0.1, 0.15) is 78.1 Å². The summed E-state index contributed by atoms with van der Waals surface area (Å²) < 4.78 is 6.24. The molecule has 0 bridgehead atoms. The van der Waals surface area contributed by atoms with E-state index >= 15 is 0 Å². The summed E-state index contributed by atoms with van der Waals surface area (Å²) >= 11 is 0. The van der Waals surface area contributed by atoms with Gasteiger partial charge in [-0.3, -0.25) is 0 Å². The summed E-state index contributed by atoms with van der Waals surface area (Å²) in [5, 5.41) is 0. The summed E-state index contributed by atoms with van der Waals surface area (Å²) in [5.41, 5.74) is 7.60. The van der Waals surface area contributed by atoms with Crippen LogP contribution in [0, 0.1) is 11.3 Å². The Hall–Kier alpha value is -0.0800. The van der Waals surface area contributed by atoms with Gasteiger partial charge >= 0.3 is 0 Å². The second-order valence-electron chi connectivity index (χ2n) is 8.36. The van der Waals surface area contributed by atoms with E-state index in [2.05, 4.69) is 13.8 Å². The molecule has 0 aromatic heterocycles. The van der Waals surface area contributed by atoms with Crippen molar-refractivity contribution in [2.45, 2.75) is 89.2 Å². The van der Waals surface area contributed by atoms with E-state index in [1.54, 1.807) is 0 Å². The van der Waals surface area contributed by atoms with Crippen molar-refractivity contribution in [1.29, 1.82) is 0 Å². The molecule has 2 nitrogen and oxygen atoms in total. The summed E-state index contributed by atoms with van der Waals surface area (Å²) in [5.74, 6) is 0.695. The third-order valence-corrected chi connectivity index (χ3v) is 6.15. The molecule has 2 atom stereocenters. The molecule has 2 saturated carbocycles. The SMILES string of the molecule is CC1(C)CCC(N)(C2CCOC3(CCCCC3)C2)C1. The van der Waals surface area contributed by atoms with Crippen LogP contribution < -0.4 is 5.73 Å². The maximum absolute atomic E-state index is 6.84. The fourth-order valence-electron chi connectivity index (χ4n) is 5.05. The van der Waals surface area contributed by atoms with Crippen LogP contribution >= 0.6 is 0 Å². The van der Waals surface area contributed by atoms with E-state index in [0.29, 0.717) is 11.3 Å². The van der Waals surface area contributed by atoms with Gasteiger partial charge in [0.2, 0.25) is 0 Å². The lowest BCUT2D eigenvalue weighted by molar-refractivity contribution is -0.127. The minimum atomic E-state index is 0.0950. The molecule has 2 N–H and O–H groups in total. The number of nitrogens with two attached hydrogens (primary N) is 1. The highest BCUT2D eigenvalue weighted by molar-refractivity contribution is 5.05. The molecule has 1 spiro atoms. The number of rotatable bonds is 1. The fourth-order valence-corrected chi connectivity index (χ4v) is 5.05. The Bertz CT molecular complexity index is 327. The molecule has 19 heavy (non-hydrogen) atoms. The molecule has 1 heterocycles. The number of hydrogen-bond donors (Lipinski definition) is 1. The average Bonchev–Trinajstić information content (AvgIpc) is 2.66. The molecule has 0 aromatic rings. The molecule has 2 heteroatoms. The Morgan fingerprint density at radius 1 is 1.00 bits per heavy atom. The summed E-state index contributed by atoms with van der Waals surface area (Å²) in [4.78, 5) is 0. The van der Waals surface area contributed by atoms with E-state index in [0.717, 1.165) is 6.61 Å². The Morgan fingerprint density at radius 3 is 2.37 bits per heavy atom. The van der Waals surface area contributed by atoms with Crippen molar-refractivity contribution in [1.82, 2.24) is 0 Å². The molecule has 3 rings (SSSR count). The second-order valence-corrected chi connectivity index (χ2v) is 8.36. The van der Waals surface area contributed by atoms with E-state index < -0.39 is 0 Å². The van der Waals surface area contributed by atoms with Crippen molar-refractivity contribution >= 4 is 0 Å². The van der Waals surface area contributed by atoms with Gasteiger partial charge in [-0.15, -0.1) is 0 Å². The second kappa shape index (κ2) is 4.73. The summed E-state index contributed by atoms with van der Waals surface area (Å²) in [6, 6.07) is 0. The quantitative estimate of drug-likeness (QED) is 0.777. The van der Waals surface area contributed by atoms with Crippen LogP contribution in [-0.4, -0.2) is 17.7 Å². The maximum Gasteiger partial charge on any atom is 0.0685 e. The van der Waals surface area contributed by atoms with Crippen LogP contribution in [0.15, 0.2) is 0 Å². The van der Waals surface area contributed by atoms with Gasteiger partial charge in [0.1, 0.15) is 0 Å². The molecule has 1 aliphatic heterocycles. The van der Waals surface area contributed by atoms with Gasteiger partial charge in [-0.25, -0.2) is 0 Å².